The Labute approximate surface area is 159 Å². The van der Waals surface area contributed by atoms with Crippen LogP contribution in [0.15, 0.2) is 18.3 Å². The number of anilines is 1. The summed E-state index contributed by atoms with van der Waals surface area (Å²) in [7, 11) is 0. The monoisotopic (exact) mass is 372 g/mol. The summed E-state index contributed by atoms with van der Waals surface area (Å²) in [6, 6.07) is 4.98. The number of carbonyl (C=O) groups is 1. The van der Waals surface area contributed by atoms with Gasteiger partial charge in [-0.2, -0.15) is 0 Å². The summed E-state index contributed by atoms with van der Waals surface area (Å²) in [6.45, 7) is 10.0. The lowest BCUT2D eigenvalue weighted by Gasteiger charge is -2.39. The van der Waals surface area contributed by atoms with Crippen molar-refractivity contribution in [2.45, 2.75) is 59.5 Å². The molecule has 1 aliphatic heterocycles. The number of nitrogens with one attached hydrogen (secondary N) is 1. The molecule has 6 heteroatoms. The molecule has 2 atom stereocenters. The van der Waals surface area contributed by atoms with Crippen LogP contribution in [-0.4, -0.2) is 33.4 Å². The molecule has 0 unspecified atom stereocenters. The number of aromatic nitrogens is 2. The summed E-state index contributed by atoms with van der Waals surface area (Å²) in [5.41, 5.74) is 3.62. The number of hydrogen-bond donors (Lipinski definition) is 1. The largest absolute Gasteiger partial charge is 0.302 e. The van der Waals surface area contributed by atoms with Gasteiger partial charge in [-0.3, -0.25) is 14.7 Å². The lowest BCUT2D eigenvalue weighted by Crippen LogP contribution is -2.43. The van der Waals surface area contributed by atoms with Gasteiger partial charge in [-0.05, 0) is 70.2 Å². The van der Waals surface area contributed by atoms with Crippen LogP contribution in [0.1, 0.15) is 48.5 Å². The lowest BCUT2D eigenvalue weighted by atomic mass is 9.85. The highest BCUT2D eigenvalue weighted by atomic mass is 32.1. The number of hydrogen-bond acceptors (Lipinski definition) is 5. The van der Waals surface area contributed by atoms with Gasteiger partial charge >= 0.3 is 0 Å². The Morgan fingerprint density at radius 1 is 1.35 bits per heavy atom. The summed E-state index contributed by atoms with van der Waals surface area (Å²) >= 11 is 1.57. The topological polar surface area (TPSA) is 58.1 Å². The number of thiazole rings is 1. The Hall–Kier alpha value is -1.79. The third-order valence-corrected chi connectivity index (χ3v) is 6.01. The first-order valence-electron chi connectivity index (χ1n) is 9.31. The Morgan fingerprint density at radius 2 is 2.08 bits per heavy atom. The van der Waals surface area contributed by atoms with E-state index in [1.165, 1.54) is 30.2 Å². The van der Waals surface area contributed by atoms with Gasteiger partial charge in [-0.25, -0.2) is 4.98 Å². The van der Waals surface area contributed by atoms with E-state index in [4.69, 9.17) is 0 Å². The van der Waals surface area contributed by atoms with Crippen molar-refractivity contribution >= 4 is 22.4 Å². The highest BCUT2D eigenvalue weighted by molar-refractivity contribution is 7.15. The fourth-order valence-corrected chi connectivity index (χ4v) is 4.81. The first kappa shape index (κ1) is 19.0. The van der Waals surface area contributed by atoms with E-state index in [1.807, 2.05) is 6.20 Å². The zero-order chi connectivity index (χ0) is 18.7. The van der Waals surface area contributed by atoms with E-state index in [0.29, 0.717) is 17.1 Å². The van der Waals surface area contributed by atoms with Gasteiger partial charge in [0.2, 0.25) is 5.91 Å². The van der Waals surface area contributed by atoms with Gasteiger partial charge in [-0.15, -0.1) is 11.3 Å². The van der Waals surface area contributed by atoms with Crippen molar-refractivity contribution in [2.75, 3.05) is 11.9 Å². The molecule has 0 saturated carbocycles. The van der Waals surface area contributed by atoms with Gasteiger partial charge in [-0.1, -0.05) is 0 Å². The highest BCUT2D eigenvalue weighted by Crippen LogP contribution is 2.30. The van der Waals surface area contributed by atoms with Crippen molar-refractivity contribution < 1.29 is 4.79 Å². The molecule has 1 N–H and O–H groups in total. The highest BCUT2D eigenvalue weighted by Gasteiger charge is 2.28. The molecule has 0 spiro atoms. The average Bonchev–Trinajstić information content (AvgIpc) is 2.96. The second kappa shape index (κ2) is 8.27. The summed E-state index contributed by atoms with van der Waals surface area (Å²) in [4.78, 5) is 23.7. The number of carbonyl (C=O) groups excluding carboxylic acids is 1. The van der Waals surface area contributed by atoms with Crippen LogP contribution in [0.5, 0.6) is 0 Å². The molecule has 0 radical (unpaired) electrons. The van der Waals surface area contributed by atoms with E-state index in [2.05, 4.69) is 53.1 Å². The van der Waals surface area contributed by atoms with Gasteiger partial charge in [0, 0.05) is 42.0 Å². The first-order valence-corrected chi connectivity index (χ1v) is 10.1. The number of rotatable bonds is 5. The van der Waals surface area contributed by atoms with Gasteiger partial charge in [0.05, 0.1) is 0 Å². The molecule has 3 rings (SSSR count). The minimum atomic E-state index is -0.0692. The van der Waals surface area contributed by atoms with Crippen LogP contribution in [0.4, 0.5) is 5.13 Å². The number of aryl methyl sites for hydroxylation is 2. The van der Waals surface area contributed by atoms with Crippen LogP contribution < -0.4 is 5.32 Å². The van der Waals surface area contributed by atoms with E-state index in [9.17, 15) is 4.79 Å². The maximum Gasteiger partial charge on any atom is 0.223 e. The minimum Gasteiger partial charge on any atom is -0.302 e. The summed E-state index contributed by atoms with van der Waals surface area (Å²) in [6.07, 6.45) is 5.51. The van der Waals surface area contributed by atoms with Gasteiger partial charge in [0.15, 0.2) is 5.13 Å². The third-order valence-electron chi connectivity index (χ3n) is 5.11. The number of pyridine rings is 1. The third kappa shape index (κ3) is 4.89. The molecule has 140 valence electrons. The zero-order valence-electron chi connectivity index (χ0n) is 16.1. The predicted octanol–water partition coefficient (Wildman–Crippen LogP) is 3.96. The Kier molecular flexibility index (Phi) is 6.04. The summed E-state index contributed by atoms with van der Waals surface area (Å²) in [5.74, 6) is 0.591. The van der Waals surface area contributed by atoms with Crippen LogP contribution in [-0.2, 0) is 17.8 Å². The van der Waals surface area contributed by atoms with Crippen molar-refractivity contribution in [3.63, 3.8) is 0 Å². The van der Waals surface area contributed by atoms with Crippen LogP contribution >= 0.6 is 11.3 Å². The molecule has 2 aromatic heterocycles. The van der Waals surface area contributed by atoms with Crippen molar-refractivity contribution in [1.29, 1.82) is 0 Å². The molecule has 26 heavy (non-hydrogen) atoms. The lowest BCUT2D eigenvalue weighted by molar-refractivity contribution is -0.114. The van der Waals surface area contributed by atoms with Gasteiger partial charge in [0.1, 0.15) is 0 Å². The maximum absolute atomic E-state index is 11.2. The second-order valence-corrected chi connectivity index (χ2v) is 8.50. The SMILES string of the molecule is CC(=O)Nc1ncc(CN2CCC[C@@H](Cc3cc(C)nc(C)c3)[C@H]2C)s1. The van der Waals surface area contributed by atoms with Crippen LogP contribution in [0.2, 0.25) is 0 Å². The number of amides is 1. The molecule has 1 aliphatic rings. The quantitative estimate of drug-likeness (QED) is 0.863. The standard InChI is InChI=1S/C20H28N4OS/c1-13-8-17(9-14(2)22-13)10-18-6-5-7-24(15(18)3)12-19-11-21-20(26-19)23-16(4)25/h8-9,11,15,18H,5-7,10,12H2,1-4H3,(H,21,23,25)/t15-,18+/m1/s1. The second-order valence-electron chi connectivity index (χ2n) is 7.39. The van der Waals surface area contributed by atoms with Crippen LogP contribution in [0.25, 0.3) is 0 Å². The minimum absolute atomic E-state index is 0.0692. The molecule has 2 aromatic rings. The fraction of sp³-hybridized carbons (Fsp3) is 0.550. The molecule has 1 amide bonds. The van der Waals surface area contributed by atoms with Gasteiger partial charge in [0.25, 0.3) is 0 Å². The smallest absolute Gasteiger partial charge is 0.223 e. The van der Waals surface area contributed by atoms with Gasteiger partial charge < -0.3 is 5.32 Å². The molecule has 0 bridgehead atoms. The molecular weight excluding hydrogens is 344 g/mol. The van der Waals surface area contributed by atoms with E-state index in [1.54, 1.807) is 11.3 Å². The Morgan fingerprint density at radius 3 is 2.77 bits per heavy atom. The first-order chi connectivity index (χ1) is 12.4. The zero-order valence-corrected chi connectivity index (χ0v) is 16.9. The molecule has 1 fully saturated rings. The maximum atomic E-state index is 11.2. The van der Waals surface area contributed by atoms with Crippen LogP contribution in [0.3, 0.4) is 0 Å². The Balaban J connectivity index is 1.64. The number of piperidine rings is 1. The molecular formula is C20H28N4OS. The number of nitrogens with zero attached hydrogens (tertiary/aromatic N) is 3. The van der Waals surface area contributed by atoms with Crippen LogP contribution in [0, 0.1) is 19.8 Å². The molecule has 5 nitrogen and oxygen atoms in total. The molecule has 1 saturated heterocycles. The van der Waals surface area contributed by atoms with E-state index < -0.39 is 0 Å². The van der Waals surface area contributed by atoms with E-state index in [-0.39, 0.29) is 5.91 Å². The Bertz CT molecular complexity index is 753. The van der Waals surface area contributed by atoms with Crippen molar-refractivity contribution in [1.82, 2.24) is 14.9 Å². The summed E-state index contributed by atoms with van der Waals surface area (Å²) < 4.78 is 0. The average molecular weight is 373 g/mol. The van der Waals surface area contributed by atoms with Crippen molar-refractivity contribution in [2.24, 2.45) is 5.92 Å². The van der Waals surface area contributed by atoms with E-state index in [0.717, 1.165) is 30.9 Å². The summed E-state index contributed by atoms with van der Waals surface area (Å²) in [5, 5.41) is 3.46. The predicted molar refractivity (Wildman–Crippen MR) is 106 cm³/mol. The molecule has 3 heterocycles. The normalized spacial score (nSPS) is 20.9. The fourth-order valence-electron chi connectivity index (χ4n) is 3.93. The van der Waals surface area contributed by atoms with Crippen molar-refractivity contribution in [3.8, 4) is 0 Å². The van der Waals surface area contributed by atoms with Crippen molar-refractivity contribution in [3.05, 3.63) is 40.2 Å². The number of likely N-dealkylation sites (tertiary alicyclic amines) is 1. The molecule has 0 aliphatic carbocycles. The van der Waals surface area contributed by atoms with E-state index >= 15 is 0 Å². The molecule has 0 aromatic carbocycles.